The van der Waals surface area contributed by atoms with Crippen LogP contribution < -0.4 is 0 Å². The second kappa shape index (κ2) is 12.7. The third kappa shape index (κ3) is 4.98. The summed E-state index contributed by atoms with van der Waals surface area (Å²) in [5, 5.41) is 12.9. The summed E-state index contributed by atoms with van der Waals surface area (Å²) in [5.74, 6) is 0.630. The van der Waals surface area contributed by atoms with Gasteiger partial charge in [0.25, 0.3) is 0 Å². The molecule has 0 atom stereocenters. The van der Waals surface area contributed by atoms with Gasteiger partial charge in [-0.3, -0.25) is 4.57 Å². The van der Waals surface area contributed by atoms with Gasteiger partial charge in [0.15, 0.2) is 0 Å². The van der Waals surface area contributed by atoms with Crippen LogP contribution in [-0.4, -0.2) is 14.5 Å². The van der Waals surface area contributed by atoms with E-state index in [1.54, 1.807) is 0 Å². The van der Waals surface area contributed by atoms with E-state index in [4.69, 9.17) is 14.4 Å². The molecule has 0 radical (unpaired) electrons. The number of aromatic nitrogens is 3. The zero-order valence-electron chi connectivity index (χ0n) is 32.3. The molecule has 0 amide bonds. The van der Waals surface area contributed by atoms with Gasteiger partial charge in [-0.25, -0.2) is 9.97 Å². The van der Waals surface area contributed by atoms with E-state index in [9.17, 15) is 0 Å². The minimum atomic E-state index is 0.630. The van der Waals surface area contributed by atoms with Crippen LogP contribution in [0.2, 0.25) is 0 Å². The Balaban J connectivity index is 1.10. The first kappa shape index (κ1) is 32.9. The van der Waals surface area contributed by atoms with E-state index in [2.05, 4.69) is 193 Å². The van der Waals surface area contributed by atoms with Crippen molar-refractivity contribution in [3.63, 3.8) is 0 Å². The molecule has 0 N–H and O–H groups in total. The summed E-state index contributed by atoms with van der Waals surface area (Å²) < 4.78 is 8.47. The van der Waals surface area contributed by atoms with Crippen LogP contribution in [-0.2, 0) is 0 Å². The van der Waals surface area contributed by atoms with E-state index >= 15 is 0 Å². The van der Waals surface area contributed by atoms with Crippen molar-refractivity contribution in [3.05, 3.63) is 200 Å². The fourth-order valence-corrected chi connectivity index (χ4v) is 9.50. The SMILES string of the molecule is c1ccc(-c2nc(-n3c4cc(-c5cc6ccccc6c6ccccc56)ccc4c4cc5ccccc5cc43)nc3cc(-c4ccc5oc6ccccc6c5c4)ccc23)cc1. The van der Waals surface area contributed by atoms with Gasteiger partial charge in [0.05, 0.1) is 22.2 Å². The summed E-state index contributed by atoms with van der Waals surface area (Å²) in [6.45, 7) is 0. The van der Waals surface area contributed by atoms with Gasteiger partial charge < -0.3 is 4.42 Å². The Morgan fingerprint density at radius 1 is 0.333 bits per heavy atom. The van der Waals surface area contributed by atoms with E-state index in [-0.39, 0.29) is 0 Å². The van der Waals surface area contributed by atoms with Crippen LogP contribution >= 0.6 is 0 Å². The fourth-order valence-electron chi connectivity index (χ4n) is 9.50. The summed E-state index contributed by atoms with van der Waals surface area (Å²) in [6, 6.07) is 71.6. The highest BCUT2D eigenvalue weighted by Gasteiger charge is 2.20. The molecule has 0 aliphatic rings. The van der Waals surface area contributed by atoms with Crippen molar-refractivity contribution in [1.29, 1.82) is 0 Å². The highest BCUT2D eigenvalue weighted by Crippen LogP contribution is 2.41. The van der Waals surface area contributed by atoms with Crippen LogP contribution in [0.1, 0.15) is 0 Å². The standard InChI is InChI=1S/C56H33N3O/c1-2-12-34(13-3-1)55-46-26-22-38(37-24-27-54-49(29-37)45-20-10-11-21-53(45)60-54)31-50(46)57-56(58-55)59-51-33-40(23-25-44(51)48-28-35-14-4-5-15-36(35)32-52(48)59)47-30-39-16-6-7-17-41(39)42-18-8-9-19-43(42)47/h1-33H. The Morgan fingerprint density at radius 2 is 0.967 bits per heavy atom. The van der Waals surface area contributed by atoms with E-state index in [1.165, 1.54) is 37.9 Å². The van der Waals surface area contributed by atoms with E-state index in [1.807, 2.05) is 12.1 Å². The van der Waals surface area contributed by atoms with Crippen LogP contribution in [0.5, 0.6) is 0 Å². The lowest BCUT2D eigenvalue weighted by molar-refractivity contribution is 0.669. The fraction of sp³-hybridized carbons (Fsp3) is 0. The minimum Gasteiger partial charge on any atom is -0.456 e. The zero-order chi connectivity index (χ0) is 39.3. The van der Waals surface area contributed by atoms with Crippen molar-refractivity contribution < 1.29 is 4.42 Å². The third-order valence-electron chi connectivity index (χ3n) is 12.4. The molecule has 10 aromatic carbocycles. The molecule has 0 saturated carbocycles. The van der Waals surface area contributed by atoms with Gasteiger partial charge in [-0.05, 0) is 109 Å². The number of nitrogens with zero attached hydrogens (tertiary/aromatic N) is 3. The van der Waals surface area contributed by atoms with Gasteiger partial charge in [0.1, 0.15) is 11.2 Å². The van der Waals surface area contributed by atoms with Crippen molar-refractivity contribution in [1.82, 2.24) is 14.5 Å². The molecule has 0 aliphatic carbocycles. The Labute approximate surface area is 344 Å². The normalized spacial score (nSPS) is 12.0. The van der Waals surface area contributed by atoms with Gasteiger partial charge in [-0.15, -0.1) is 0 Å². The molecule has 60 heavy (non-hydrogen) atoms. The van der Waals surface area contributed by atoms with Crippen molar-refractivity contribution >= 4 is 87.0 Å². The number of furan rings is 1. The quantitative estimate of drug-likeness (QED) is 0.168. The molecular weight excluding hydrogens is 731 g/mol. The van der Waals surface area contributed by atoms with Gasteiger partial charge >= 0.3 is 0 Å². The summed E-state index contributed by atoms with van der Waals surface area (Å²) in [4.78, 5) is 11.0. The number of fused-ring (bicyclic) bond motifs is 11. The first-order chi connectivity index (χ1) is 29.7. The first-order valence-electron chi connectivity index (χ1n) is 20.4. The molecular formula is C56H33N3O. The molecule has 278 valence electrons. The monoisotopic (exact) mass is 763 g/mol. The Morgan fingerprint density at radius 3 is 1.83 bits per heavy atom. The number of hydrogen-bond acceptors (Lipinski definition) is 3. The van der Waals surface area contributed by atoms with Crippen molar-refractivity contribution in [3.8, 4) is 39.5 Å². The molecule has 13 aromatic rings. The molecule has 0 aliphatic heterocycles. The van der Waals surface area contributed by atoms with Crippen LogP contribution in [0.3, 0.4) is 0 Å². The third-order valence-corrected chi connectivity index (χ3v) is 12.4. The molecule has 13 rings (SSSR count). The first-order valence-corrected chi connectivity index (χ1v) is 20.4. The number of para-hydroxylation sites is 1. The predicted octanol–water partition coefficient (Wildman–Crippen LogP) is 15.1. The highest BCUT2D eigenvalue weighted by molar-refractivity contribution is 6.17. The molecule has 0 fully saturated rings. The van der Waals surface area contributed by atoms with Gasteiger partial charge in [0.2, 0.25) is 5.95 Å². The topological polar surface area (TPSA) is 43.9 Å². The summed E-state index contributed by atoms with van der Waals surface area (Å²) in [5.41, 5.74) is 11.2. The Hall–Kier alpha value is -8.08. The molecule has 0 bridgehead atoms. The highest BCUT2D eigenvalue weighted by atomic mass is 16.3. The Kier molecular flexibility index (Phi) is 6.98. The lowest BCUT2D eigenvalue weighted by Crippen LogP contribution is -2.04. The van der Waals surface area contributed by atoms with Crippen LogP contribution in [0.4, 0.5) is 0 Å². The summed E-state index contributed by atoms with van der Waals surface area (Å²) >= 11 is 0. The van der Waals surface area contributed by atoms with E-state index < -0.39 is 0 Å². The second-order valence-electron chi connectivity index (χ2n) is 15.8. The smallest absolute Gasteiger partial charge is 0.235 e. The van der Waals surface area contributed by atoms with Crippen LogP contribution in [0.25, 0.3) is 126 Å². The molecule has 0 saturated heterocycles. The molecule has 0 unspecified atom stereocenters. The summed E-state index contributed by atoms with van der Waals surface area (Å²) in [6.07, 6.45) is 0. The van der Waals surface area contributed by atoms with Gasteiger partial charge in [0, 0.05) is 32.5 Å². The van der Waals surface area contributed by atoms with E-state index in [0.717, 1.165) is 82.6 Å². The molecule has 0 spiro atoms. The molecule has 3 heterocycles. The predicted molar refractivity (Wildman–Crippen MR) is 250 cm³/mol. The molecule has 3 aromatic heterocycles. The van der Waals surface area contributed by atoms with Crippen molar-refractivity contribution in [2.24, 2.45) is 0 Å². The average Bonchev–Trinajstić information content (AvgIpc) is 3.84. The van der Waals surface area contributed by atoms with Gasteiger partial charge in [-0.2, -0.15) is 0 Å². The Bertz CT molecular complexity index is 3900. The number of benzene rings is 10. The number of hydrogen-bond donors (Lipinski definition) is 0. The molecule has 4 heteroatoms. The largest absolute Gasteiger partial charge is 0.456 e. The summed E-state index contributed by atoms with van der Waals surface area (Å²) in [7, 11) is 0. The van der Waals surface area contributed by atoms with Gasteiger partial charge in [-0.1, -0.05) is 146 Å². The van der Waals surface area contributed by atoms with Crippen LogP contribution in [0.15, 0.2) is 205 Å². The maximum atomic E-state index is 6.19. The second-order valence-corrected chi connectivity index (χ2v) is 15.8. The van der Waals surface area contributed by atoms with E-state index in [0.29, 0.717) is 5.95 Å². The number of rotatable bonds is 4. The molecule has 4 nitrogen and oxygen atoms in total. The lowest BCUT2D eigenvalue weighted by Gasteiger charge is -2.14. The maximum Gasteiger partial charge on any atom is 0.235 e. The van der Waals surface area contributed by atoms with Crippen molar-refractivity contribution in [2.75, 3.05) is 0 Å². The van der Waals surface area contributed by atoms with Crippen LogP contribution in [0, 0.1) is 0 Å². The average molecular weight is 764 g/mol. The maximum absolute atomic E-state index is 6.19. The lowest BCUT2D eigenvalue weighted by atomic mass is 9.93. The zero-order valence-corrected chi connectivity index (χ0v) is 32.3. The minimum absolute atomic E-state index is 0.630. The van der Waals surface area contributed by atoms with Crippen molar-refractivity contribution in [2.45, 2.75) is 0 Å².